The van der Waals surface area contributed by atoms with Gasteiger partial charge in [-0.05, 0) is 37.5 Å². The van der Waals surface area contributed by atoms with Crippen LogP contribution in [-0.4, -0.2) is 68.0 Å². The number of methoxy groups -OCH3 is 1. The first kappa shape index (κ1) is 33.4. The van der Waals surface area contributed by atoms with Crippen LogP contribution < -0.4 is 9.47 Å². The first-order valence-electron chi connectivity index (χ1n) is 14.1. The molecule has 1 aliphatic heterocycles. The summed E-state index contributed by atoms with van der Waals surface area (Å²) in [5.74, 6) is -4.23. The molecule has 1 aromatic carbocycles. The van der Waals surface area contributed by atoms with E-state index in [2.05, 4.69) is 4.98 Å². The fourth-order valence-corrected chi connectivity index (χ4v) is 4.59. The number of pyridine rings is 1. The van der Waals surface area contributed by atoms with E-state index < -0.39 is 54.5 Å². The SMILES string of the molecule is COc1ccnc(C(=O)C[C@H]2COCC[C@H](Cc3ccc(F)cc3)[C@@H](OC(=O)C(C)C)[C@H](C)OC2=O)c1OCOC(C)=O. The van der Waals surface area contributed by atoms with Gasteiger partial charge in [0.2, 0.25) is 6.79 Å². The van der Waals surface area contributed by atoms with Gasteiger partial charge in [0.05, 0.1) is 25.6 Å². The quantitative estimate of drug-likeness (QED) is 0.159. The topological polar surface area (TPSA) is 137 Å². The molecule has 1 aromatic heterocycles. The molecule has 12 heteroatoms. The molecule has 11 nitrogen and oxygen atoms in total. The molecule has 0 unspecified atom stereocenters. The van der Waals surface area contributed by atoms with Gasteiger partial charge in [0.15, 0.2) is 23.0 Å². The normalized spacial score (nSPS) is 21.0. The Morgan fingerprint density at radius 3 is 2.51 bits per heavy atom. The Labute approximate surface area is 249 Å². The van der Waals surface area contributed by atoms with Gasteiger partial charge in [0.1, 0.15) is 18.0 Å². The number of ketones is 1. The summed E-state index contributed by atoms with van der Waals surface area (Å²) in [6.45, 7) is 5.89. The van der Waals surface area contributed by atoms with Gasteiger partial charge in [-0.1, -0.05) is 26.0 Å². The van der Waals surface area contributed by atoms with Crippen molar-refractivity contribution in [3.05, 3.63) is 53.6 Å². The molecule has 234 valence electrons. The van der Waals surface area contributed by atoms with Crippen molar-refractivity contribution in [3.63, 3.8) is 0 Å². The van der Waals surface area contributed by atoms with Crippen molar-refractivity contribution in [1.29, 1.82) is 0 Å². The number of cyclic esters (lactones) is 1. The van der Waals surface area contributed by atoms with Gasteiger partial charge in [-0.25, -0.2) is 9.37 Å². The molecule has 0 radical (unpaired) electrons. The highest BCUT2D eigenvalue weighted by Crippen LogP contribution is 2.32. The zero-order valence-electron chi connectivity index (χ0n) is 25.0. The van der Waals surface area contributed by atoms with Crippen molar-refractivity contribution in [3.8, 4) is 11.5 Å². The number of Topliss-reactive ketones (excluding diaryl/α,β-unsaturated/α-hetero) is 1. The summed E-state index contributed by atoms with van der Waals surface area (Å²) in [6, 6.07) is 7.51. The van der Waals surface area contributed by atoms with Crippen LogP contribution >= 0.6 is 0 Å². The minimum Gasteiger partial charge on any atom is -0.493 e. The van der Waals surface area contributed by atoms with E-state index in [0.717, 1.165) is 5.56 Å². The average Bonchev–Trinajstić information content (AvgIpc) is 2.96. The van der Waals surface area contributed by atoms with E-state index in [-0.39, 0.29) is 48.6 Å². The van der Waals surface area contributed by atoms with Gasteiger partial charge in [0.25, 0.3) is 0 Å². The second-order valence-electron chi connectivity index (χ2n) is 10.6. The van der Waals surface area contributed by atoms with Crippen molar-refractivity contribution in [2.24, 2.45) is 17.8 Å². The Kier molecular flexibility index (Phi) is 12.4. The molecule has 43 heavy (non-hydrogen) atoms. The van der Waals surface area contributed by atoms with Gasteiger partial charge in [0, 0.05) is 38.1 Å². The number of nitrogens with zero attached hydrogens (tertiary/aromatic N) is 1. The lowest BCUT2D eigenvalue weighted by Crippen LogP contribution is -2.43. The fourth-order valence-electron chi connectivity index (χ4n) is 4.59. The minimum atomic E-state index is -1.00. The van der Waals surface area contributed by atoms with Crippen LogP contribution in [0, 0.1) is 23.6 Å². The molecule has 1 fully saturated rings. The average molecular weight is 604 g/mol. The van der Waals surface area contributed by atoms with Crippen molar-refractivity contribution >= 4 is 23.7 Å². The summed E-state index contributed by atoms with van der Waals surface area (Å²) >= 11 is 0. The Morgan fingerprint density at radius 2 is 1.86 bits per heavy atom. The lowest BCUT2D eigenvalue weighted by molar-refractivity contribution is -0.179. The maximum Gasteiger partial charge on any atom is 0.312 e. The first-order chi connectivity index (χ1) is 20.5. The maximum atomic E-state index is 13.5. The van der Waals surface area contributed by atoms with Crippen LogP contribution in [0.4, 0.5) is 4.39 Å². The second-order valence-corrected chi connectivity index (χ2v) is 10.6. The van der Waals surface area contributed by atoms with Crippen LogP contribution in [0.3, 0.4) is 0 Å². The highest BCUT2D eigenvalue weighted by atomic mass is 19.1. The molecule has 2 aromatic rings. The summed E-state index contributed by atoms with van der Waals surface area (Å²) in [6.07, 6.45) is 0.231. The molecule has 1 aliphatic rings. The highest BCUT2D eigenvalue weighted by molar-refractivity contribution is 5.99. The van der Waals surface area contributed by atoms with Crippen LogP contribution in [0.25, 0.3) is 0 Å². The smallest absolute Gasteiger partial charge is 0.312 e. The summed E-state index contributed by atoms with van der Waals surface area (Å²) in [5.41, 5.74) is 0.709. The van der Waals surface area contributed by atoms with E-state index in [9.17, 15) is 23.6 Å². The minimum absolute atomic E-state index is 0.0388. The number of rotatable bonds is 11. The third kappa shape index (κ3) is 9.74. The van der Waals surface area contributed by atoms with Crippen molar-refractivity contribution in [2.45, 2.75) is 59.2 Å². The Hall–Kier alpha value is -4.06. The standard InChI is InChI=1S/C31H38FNO10/c1-18(2)30(36)43-28-19(3)42-31(37)23(16-39-13-11-22(28)14-21-6-8-24(32)9-7-21)15-25(35)27-29(41-17-40-20(4)34)26(38-5)10-12-33-27/h6-10,12,18-19,22-23,28H,11,13-17H2,1-5H3/t19-,22+,23-,28-/m0/s1. The lowest BCUT2D eigenvalue weighted by Gasteiger charge is -2.34. The highest BCUT2D eigenvalue weighted by Gasteiger charge is 2.37. The molecule has 0 spiro atoms. The largest absolute Gasteiger partial charge is 0.493 e. The molecule has 0 saturated carbocycles. The van der Waals surface area contributed by atoms with E-state index in [4.69, 9.17) is 28.4 Å². The molecule has 3 rings (SSSR count). The number of halogens is 1. The van der Waals surface area contributed by atoms with E-state index in [1.54, 1.807) is 32.9 Å². The maximum absolute atomic E-state index is 13.5. The van der Waals surface area contributed by atoms with Gasteiger partial charge >= 0.3 is 17.9 Å². The number of aromatic nitrogens is 1. The zero-order chi connectivity index (χ0) is 31.5. The molecule has 0 bridgehead atoms. The number of esters is 3. The molecule has 4 atom stereocenters. The van der Waals surface area contributed by atoms with Gasteiger partial charge in [-0.2, -0.15) is 0 Å². The van der Waals surface area contributed by atoms with Crippen LogP contribution in [0.1, 0.15) is 56.6 Å². The van der Waals surface area contributed by atoms with Crippen molar-refractivity contribution in [2.75, 3.05) is 27.1 Å². The Bertz CT molecular complexity index is 1270. The van der Waals surface area contributed by atoms with Crippen LogP contribution in [0.5, 0.6) is 11.5 Å². The number of carbonyl (C=O) groups excluding carboxylic acids is 4. The predicted octanol–water partition coefficient (Wildman–Crippen LogP) is 4.10. The van der Waals surface area contributed by atoms with E-state index in [1.165, 1.54) is 38.4 Å². The second kappa shape index (κ2) is 16.0. The number of carbonyl (C=O) groups is 4. The molecule has 0 aliphatic carbocycles. The molecular weight excluding hydrogens is 565 g/mol. The summed E-state index contributed by atoms with van der Waals surface area (Å²) in [4.78, 5) is 54.7. The third-order valence-corrected chi connectivity index (χ3v) is 6.90. The van der Waals surface area contributed by atoms with Gasteiger partial charge in [-0.15, -0.1) is 0 Å². The number of ether oxygens (including phenoxy) is 6. The molecule has 0 N–H and O–H groups in total. The van der Waals surface area contributed by atoms with Gasteiger partial charge < -0.3 is 28.4 Å². The predicted molar refractivity (Wildman–Crippen MR) is 150 cm³/mol. The number of hydrogen-bond donors (Lipinski definition) is 0. The van der Waals surface area contributed by atoms with Crippen molar-refractivity contribution in [1.82, 2.24) is 4.98 Å². The Morgan fingerprint density at radius 1 is 1.14 bits per heavy atom. The number of benzene rings is 1. The van der Waals surface area contributed by atoms with Crippen molar-refractivity contribution < 1.29 is 52.0 Å². The molecule has 1 saturated heterocycles. The Balaban J connectivity index is 1.81. The lowest BCUT2D eigenvalue weighted by atomic mass is 9.88. The number of hydrogen-bond acceptors (Lipinski definition) is 11. The summed E-state index contributed by atoms with van der Waals surface area (Å²) in [5, 5.41) is 0. The molecular formula is C31H38FNO10. The third-order valence-electron chi connectivity index (χ3n) is 6.90. The van der Waals surface area contributed by atoms with E-state index >= 15 is 0 Å². The van der Waals surface area contributed by atoms with Crippen LogP contribution in [0.15, 0.2) is 36.5 Å². The summed E-state index contributed by atoms with van der Waals surface area (Å²) < 4.78 is 46.5. The monoisotopic (exact) mass is 603 g/mol. The van der Waals surface area contributed by atoms with Crippen LogP contribution in [0.2, 0.25) is 0 Å². The fraction of sp³-hybridized carbons (Fsp3) is 0.516. The molecule has 0 amide bonds. The first-order valence-corrected chi connectivity index (χ1v) is 14.1. The summed E-state index contributed by atoms with van der Waals surface area (Å²) in [7, 11) is 1.38. The zero-order valence-corrected chi connectivity index (χ0v) is 25.0. The van der Waals surface area contributed by atoms with Gasteiger partial charge in [-0.3, -0.25) is 19.2 Å². The van der Waals surface area contributed by atoms with E-state index in [1.807, 2.05) is 0 Å². The molecule has 2 heterocycles. The van der Waals surface area contributed by atoms with Crippen LogP contribution in [-0.2, 0) is 39.8 Å². The van der Waals surface area contributed by atoms with E-state index in [0.29, 0.717) is 12.8 Å².